The molecule has 1 unspecified atom stereocenters. The molecular weight excluding hydrogens is 236 g/mol. The summed E-state index contributed by atoms with van der Waals surface area (Å²) in [6.45, 7) is 6.28. The molecule has 2 heteroatoms. The van der Waals surface area contributed by atoms with Crippen LogP contribution < -0.4 is 4.74 Å². The van der Waals surface area contributed by atoms with E-state index in [0.717, 1.165) is 35.3 Å². The molecule has 0 aromatic heterocycles. The summed E-state index contributed by atoms with van der Waals surface area (Å²) in [5, 5.41) is 10.3. The number of benzene rings is 1. The van der Waals surface area contributed by atoms with Gasteiger partial charge in [0.05, 0.1) is 13.2 Å². The minimum atomic E-state index is -0.341. The maximum Gasteiger partial charge on any atom is 0.122 e. The predicted octanol–water partition coefficient (Wildman–Crippen LogP) is 4.71. The molecule has 1 N–H and O–H groups in total. The van der Waals surface area contributed by atoms with Crippen LogP contribution in [0.3, 0.4) is 0 Å². The Morgan fingerprint density at radius 3 is 2.37 bits per heavy atom. The molecule has 0 bridgehead atoms. The van der Waals surface area contributed by atoms with Crippen molar-refractivity contribution in [3.8, 4) is 5.75 Å². The third kappa shape index (κ3) is 4.87. The summed E-state index contributed by atoms with van der Waals surface area (Å²) >= 11 is 0. The quantitative estimate of drug-likeness (QED) is 0.689. The van der Waals surface area contributed by atoms with Crippen molar-refractivity contribution in [1.82, 2.24) is 0 Å². The van der Waals surface area contributed by atoms with Gasteiger partial charge in [-0.1, -0.05) is 39.0 Å². The largest absolute Gasteiger partial charge is 0.496 e. The van der Waals surface area contributed by atoms with Gasteiger partial charge < -0.3 is 9.84 Å². The molecule has 2 nitrogen and oxygen atoms in total. The molecule has 0 heterocycles. The second-order valence-corrected chi connectivity index (χ2v) is 5.40. The van der Waals surface area contributed by atoms with Gasteiger partial charge in [0.1, 0.15) is 5.75 Å². The average Bonchev–Trinajstić information content (AvgIpc) is 2.40. The zero-order chi connectivity index (χ0) is 14.3. The Morgan fingerprint density at radius 2 is 1.74 bits per heavy atom. The molecule has 0 fully saturated rings. The van der Waals surface area contributed by atoms with Crippen LogP contribution in [0.2, 0.25) is 0 Å². The first-order valence-electron chi connectivity index (χ1n) is 7.43. The lowest BCUT2D eigenvalue weighted by molar-refractivity contribution is 0.162. The Morgan fingerprint density at radius 1 is 1.05 bits per heavy atom. The highest BCUT2D eigenvalue weighted by molar-refractivity contribution is 5.42. The Balaban J connectivity index is 2.56. The number of aryl methyl sites for hydroxylation is 2. The number of hydrogen-bond donors (Lipinski definition) is 1. The molecule has 0 spiro atoms. The van der Waals surface area contributed by atoms with Crippen LogP contribution in [0.5, 0.6) is 5.75 Å². The molecule has 1 rings (SSSR count). The topological polar surface area (TPSA) is 29.5 Å². The van der Waals surface area contributed by atoms with Gasteiger partial charge in [-0.3, -0.25) is 0 Å². The number of aliphatic hydroxyl groups is 1. The smallest absolute Gasteiger partial charge is 0.122 e. The maximum absolute atomic E-state index is 10.3. The molecule has 108 valence electrons. The van der Waals surface area contributed by atoms with Crippen LogP contribution in [0.1, 0.15) is 68.2 Å². The molecule has 0 saturated carbocycles. The first-order valence-corrected chi connectivity index (χ1v) is 7.43. The van der Waals surface area contributed by atoms with Gasteiger partial charge in [0.2, 0.25) is 0 Å². The van der Waals surface area contributed by atoms with E-state index in [1.54, 1.807) is 7.11 Å². The molecule has 1 aromatic carbocycles. The minimum absolute atomic E-state index is 0.341. The van der Waals surface area contributed by atoms with Crippen molar-refractivity contribution in [3.63, 3.8) is 0 Å². The maximum atomic E-state index is 10.3. The molecule has 0 aliphatic rings. The number of rotatable bonds is 8. The summed E-state index contributed by atoms with van der Waals surface area (Å²) < 4.78 is 5.30. The van der Waals surface area contributed by atoms with E-state index in [1.165, 1.54) is 25.7 Å². The molecule has 0 amide bonds. The van der Waals surface area contributed by atoms with Crippen LogP contribution >= 0.6 is 0 Å². The van der Waals surface area contributed by atoms with E-state index in [9.17, 15) is 5.11 Å². The molecule has 0 saturated heterocycles. The van der Waals surface area contributed by atoms with E-state index in [1.807, 2.05) is 19.9 Å². The van der Waals surface area contributed by atoms with Crippen molar-refractivity contribution in [2.45, 2.75) is 65.4 Å². The van der Waals surface area contributed by atoms with Gasteiger partial charge in [-0.15, -0.1) is 0 Å². The van der Waals surface area contributed by atoms with Gasteiger partial charge in [-0.2, -0.15) is 0 Å². The van der Waals surface area contributed by atoms with Crippen LogP contribution in [0.15, 0.2) is 12.1 Å². The van der Waals surface area contributed by atoms with Crippen molar-refractivity contribution in [2.75, 3.05) is 7.11 Å². The Hall–Kier alpha value is -1.02. The van der Waals surface area contributed by atoms with Crippen LogP contribution in [0.25, 0.3) is 0 Å². The standard InChI is InChI=1S/C17H28O2/c1-5-6-7-8-9-10-16(18)15-11-14(3)17(19-4)12-13(15)2/h11-12,16,18H,5-10H2,1-4H3. The second kappa shape index (κ2) is 8.21. The van der Waals surface area contributed by atoms with Crippen molar-refractivity contribution < 1.29 is 9.84 Å². The predicted molar refractivity (Wildman–Crippen MR) is 80.8 cm³/mol. The van der Waals surface area contributed by atoms with Crippen molar-refractivity contribution >= 4 is 0 Å². The highest BCUT2D eigenvalue weighted by Crippen LogP contribution is 2.29. The molecule has 1 aromatic rings. The first kappa shape index (κ1) is 16.0. The zero-order valence-electron chi connectivity index (χ0n) is 12.8. The molecular formula is C17H28O2. The summed E-state index contributed by atoms with van der Waals surface area (Å²) in [6, 6.07) is 4.08. The van der Waals surface area contributed by atoms with E-state index >= 15 is 0 Å². The number of unbranched alkanes of at least 4 members (excludes halogenated alkanes) is 4. The fraction of sp³-hybridized carbons (Fsp3) is 0.647. The van der Waals surface area contributed by atoms with Gasteiger partial charge in [0, 0.05) is 0 Å². The first-order chi connectivity index (χ1) is 9.10. The molecule has 0 aliphatic carbocycles. The van der Waals surface area contributed by atoms with Gasteiger partial charge in [-0.25, -0.2) is 0 Å². The van der Waals surface area contributed by atoms with E-state index < -0.39 is 0 Å². The lowest BCUT2D eigenvalue weighted by Gasteiger charge is -2.16. The Kier molecular flexibility index (Phi) is 6.93. The fourth-order valence-corrected chi connectivity index (χ4v) is 2.49. The molecule has 0 aliphatic heterocycles. The monoisotopic (exact) mass is 264 g/mol. The van der Waals surface area contributed by atoms with E-state index in [0.29, 0.717) is 0 Å². The lowest BCUT2D eigenvalue weighted by atomic mass is 9.96. The third-order valence-electron chi connectivity index (χ3n) is 3.72. The summed E-state index contributed by atoms with van der Waals surface area (Å²) in [6.07, 6.45) is 6.69. The summed E-state index contributed by atoms with van der Waals surface area (Å²) in [5.74, 6) is 0.899. The van der Waals surface area contributed by atoms with E-state index in [-0.39, 0.29) is 6.10 Å². The number of hydrogen-bond acceptors (Lipinski definition) is 2. The van der Waals surface area contributed by atoms with Crippen LogP contribution in [0.4, 0.5) is 0 Å². The van der Waals surface area contributed by atoms with Crippen molar-refractivity contribution in [3.05, 3.63) is 28.8 Å². The molecule has 1 atom stereocenters. The number of methoxy groups -OCH3 is 1. The highest BCUT2D eigenvalue weighted by atomic mass is 16.5. The van der Waals surface area contributed by atoms with Crippen molar-refractivity contribution in [1.29, 1.82) is 0 Å². The normalized spacial score (nSPS) is 12.5. The minimum Gasteiger partial charge on any atom is -0.496 e. The van der Waals surface area contributed by atoms with Gasteiger partial charge in [0.15, 0.2) is 0 Å². The van der Waals surface area contributed by atoms with Crippen LogP contribution in [-0.4, -0.2) is 12.2 Å². The summed E-state index contributed by atoms with van der Waals surface area (Å²) in [7, 11) is 1.69. The van der Waals surface area contributed by atoms with Crippen LogP contribution in [0, 0.1) is 13.8 Å². The van der Waals surface area contributed by atoms with Gasteiger partial charge in [0.25, 0.3) is 0 Å². The summed E-state index contributed by atoms with van der Waals surface area (Å²) in [4.78, 5) is 0. The average molecular weight is 264 g/mol. The number of ether oxygens (including phenoxy) is 1. The molecule has 19 heavy (non-hydrogen) atoms. The summed E-state index contributed by atoms with van der Waals surface area (Å²) in [5.41, 5.74) is 3.26. The van der Waals surface area contributed by atoms with Gasteiger partial charge >= 0.3 is 0 Å². The molecule has 0 radical (unpaired) electrons. The fourth-order valence-electron chi connectivity index (χ4n) is 2.49. The number of aliphatic hydroxyl groups excluding tert-OH is 1. The zero-order valence-corrected chi connectivity index (χ0v) is 12.8. The van der Waals surface area contributed by atoms with E-state index in [4.69, 9.17) is 4.74 Å². The Bertz CT molecular complexity index is 385. The van der Waals surface area contributed by atoms with E-state index in [2.05, 4.69) is 13.0 Å². The van der Waals surface area contributed by atoms with Gasteiger partial charge in [-0.05, 0) is 49.1 Å². The van der Waals surface area contributed by atoms with Crippen LogP contribution in [-0.2, 0) is 0 Å². The highest BCUT2D eigenvalue weighted by Gasteiger charge is 2.12. The third-order valence-corrected chi connectivity index (χ3v) is 3.72. The SMILES string of the molecule is CCCCCCCC(O)c1cc(C)c(OC)cc1C. The lowest BCUT2D eigenvalue weighted by Crippen LogP contribution is -2.02. The Labute approximate surface area is 117 Å². The van der Waals surface area contributed by atoms with Crippen molar-refractivity contribution in [2.24, 2.45) is 0 Å². The second-order valence-electron chi connectivity index (χ2n) is 5.40.